The first-order valence-corrected chi connectivity index (χ1v) is 10.6. The van der Waals surface area contributed by atoms with E-state index in [2.05, 4.69) is 22.3 Å². The number of amides is 1. The number of rotatable bonds is 5. The van der Waals surface area contributed by atoms with Crippen molar-refractivity contribution >= 4 is 11.6 Å². The molecule has 1 saturated carbocycles. The smallest absolute Gasteiger partial charge is 0.228 e. The zero-order chi connectivity index (χ0) is 20.0. The molecule has 2 aromatic carbocycles. The third-order valence-electron chi connectivity index (χ3n) is 6.88. The molecule has 3 aliphatic rings. The molecule has 0 aromatic heterocycles. The van der Waals surface area contributed by atoms with Gasteiger partial charge in [0.15, 0.2) is 0 Å². The maximum atomic E-state index is 11.5. The standard InChI is InChI=1S/C24H28N2O3/c27-22(17-6-7-21-18(8-17)9-23(28)25-21)15-26-13-19-11-24(29,12-20(19)14-26)10-16-4-2-1-3-5-16/h1-8,19-20,22,27,29H,9-15H2,(H,25,28). The van der Waals surface area contributed by atoms with E-state index in [1.54, 1.807) is 0 Å². The van der Waals surface area contributed by atoms with Crippen LogP contribution >= 0.6 is 0 Å². The average molecular weight is 392 g/mol. The van der Waals surface area contributed by atoms with Crippen LogP contribution in [0.25, 0.3) is 0 Å². The molecule has 3 unspecified atom stereocenters. The second kappa shape index (κ2) is 7.24. The molecule has 1 saturated heterocycles. The highest BCUT2D eigenvalue weighted by atomic mass is 16.3. The fraction of sp³-hybridized carbons (Fsp3) is 0.458. The number of β-amino-alcohol motifs (C(OH)–C–C–N with tert-alkyl or cyclic N) is 1. The summed E-state index contributed by atoms with van der Waals surface area (Å²) in [6.07, 6.45) is 2.24. The van der Waals surface area contributed by atoms with Gasteiger partial charge in [-0.1, -0.05) is 42.5 Å². The minimum Gasteiger partial charge on any atom is -0.390 e. The second-order valence-corrected chi connectivity index (χ2v) is 9.19. The lowest BCUT2D eigenvalue weighted by atomic mass is 9.91. The molecule has 2 fully saturated rings. The lowest BCUT2D eigenvalue weighted by Gasteiger charge is -2.27. The Morgan fingerprint density at radius 2 is 1.83 bits per heavy atom. The van der Waals surface area contributed by atoms with Crippen LogP contribution < -0.4 is 5.32 Å². The van der Waals surface area contributed by atoms with Gasteiger partial charge in [0.05, 0.1) is 18.1 Å². The normalized spacial score (nSPS) is 29.5. The van der Waals surface area contributed by atoms with Crippen LogP contribution in [0.15, 0.2) is 48.5 Å². The van der Waals surface area contributed by atoms with Gasteiger partial charge in [-0.25, -0.2) is 0 Å². The number of fused-ring (bicyclic) bond motifs is 2. The summed E-state index contributed by atoms with van der Waals surface area (Å²) >= 11 is 0. The fourth-order valence-electron chi connectivity index (χ4n) is 5.63. The monoisotopic (exact) mass is 392 g/mol. The number of carbonyl (C=O) groups excluding carboxylic acids is 1. The number of likely N-dealkylation sites (tertiary alicyclic amines) is 1. The molecular formula is C24H28N2O3. The predicted molar refractivity (Wildman–Crippen MR) is 111 cm³/mol. The summed E-state index contributed by atoms with van der Waals surface area (Å²) in [5, 5.41) is 24.7. The molecular weight excluding hydrogens is 364 g/mol. The van der Waals surface area contributed by atoms with E-state index in [9.17, 15) is 15.0 Å². The van der Waals surface area contributed by atoms with E-state index in [1.165, 1.54) is 5.56 Å². The molecule has 29 heavy (non-hydrogen) atoms. The maximum absolute atomic E-state index is 11.5. The van der Waals surface area contributed by atoms with E-state index in [-0.39, 0.29) is 5.91 Å². The summed E-state index contributed by atoms with van der Waals surface area (Å²) in [4.78, 5) is 13.9. The van der Waals surface area contributed by atoms with Gasteiger partial charge in [-0.2, -0.15) is 0 Å². The molecule has 5 nitrogen and oxygen atoms in total. The van der Waals surface area contributed by atoms with Crippen molar-refractivity contribution in [3.63, 3.8) is 0 Å². The molecule has 152 valence electrons. The molecule has 5 heteroatoms. The minimum atomic E-state index is -0.596. The van der Waals surface area contributed by atoms with Crippen LogP contribution in [0.5, 0.6) is 0 Å². The number of carbonyl (C=O) groups is 1. The topological polar surface area (TPSA) is 72.8 Å². The summed E-state index contributed by atoms with van der Waals surface area (Å²) < 4.78 is 0. The molecule has 1 amide bonds. The first-order chi connectivity index (χ1) is 14.0. The fourth-order valence-corrected chi connectivity index (χ4v) is 5.63. The SMILES string of the molecule is O=C1Cc2cc(C(O)CN3CC4CC(O)(Cc5ccccc5)CC4C3)ccc2N1. The Balaban J connectivity index is 1.18. The van der Waals surface area contributed by atoms with E-state index in [0.29, 0.717) is 24.8 Å². The predicted octanol–water partition coefficient (Wildman–Crippen LogP) is 2.53. The lowest BCUT2D eigenvalue weighted by molar-refractivity contribution is -0.115. The highest BCUT2D eigenvalue weighted by molar-refractivity contribution is 5.99. The molecule has 2 heterocycles. The van der Waals surface area contributed by atoms with Crippen LogP contribution in [-0.4, -0.2) is 46.3 Å². The molecule has 3 atom stereocenters. The van der Waals surface area contributed by atoms with Gasteiger partial charge in [-0.3, -0.25) is 9.69 Å². The Morgan fingerprint density at radius 3 is 2.55 bits per heavy atom. The Bertz CT molecular complexity index is 900. The van der Waals surface area contributed by atoms with Crippen LogP contribution in [0.1, 0.15) is 35.6 Å². The van der Waals surface area contributed by atoms with E-state index < -0.39 is 11.7 Å². The minimum absolute atomic E-state index is 0.0157. The van der Waals surface area contributed by atoms with Gasteiger partial charge in [0, 0.05) is 31.7 Å². The number of benzene rings is 2. The number of hydrogen-bond acceptors (Lipinski definition) is 4. The molecule has 0 spiro atoms. The van der Waals surface area contributed by atoms with Crippen LogP contribution in [0.2, 0.25) is 0 Å². The van der Waals surface area contributed by atoms with E-state index in [1.807, 2.05) is 36.4 Å². The van der Waals surface area contributed by atoms with Crippen LogP contribution in [0.4, 0.5) is 5.69 Å². The van der Waals surface area contributed by atoms with Crippen molar-refractivity contribution in [1.29, 1.82) is 0 Å². The highest BCUT2D eigenvalue weighted by Gasteiger charge is 2.48. The zero-order valence-corrected chi connectivity index (χ0v) is 16.6. The third kappa shape index (κ3) is 3.82. The molecule has 5 rings (SSSR count). The summed E-state index contributed by atoms with van der Waals surface area (Å²) in [6.45, 7) is 2.47. The van der Waals surface area contributed by atoms with Gasteiger partial charge >= 0.3 is 0 Å². The van der Waals surface area contributed by atoms with Gasteiger partial charge in [0.25, 0.3) is 0 Å². The van der Waals surface area contributed by atoms with Gasteiger partial charge in [-0.15, -0.1) is 0 Å². The van der Waals surface area contributed by atoms with Crippen molar-refractivity contribution in [2.24, 2.45) is 11.8 Å². The first kappa shape index (κ1) is 18.8. The Morgan fingerprint density at radius 1 is 1.10 bits per heavy atom. The zero-order valence-electron chi connectivity index (χ0n) is 16.6. The van der Waals surface area contributed by atoms with Crippen molar-refractivity contribution in [3.8, 4) is 0 Å². The van der Waals surface area contributed by atoms with Gasteiger partial charge in [0.1, 0.15) is 0 Å². The lowest BCUT2D eigenvalue weighted by Crippen LogP contribution is -2.33. The van der Waals surface area contributed by atoms with Crippen molar-refractivity contribution in [1.82, 2.24) is 4.90 Å². The number of hydrogen-bond donors (Lipinski definition) is 3. The maximum Gasteiger partial charge on any atom is 0.228 e. The van der Waals surface area contributed by atoms with Crippen molar-refractivity contribution < 1.29 is 15.0 Å². The molecule has 0 radical (unpaired) electrons. The first-order valence-electron chi connectivity index (χ1n) is 10.6. The number of nitrogens with one attached hydrogen (secondary N) is 1. The Hall–Kier alpha value is -2.21. The number of aliphatic hydroxyl groups excluding tert-OH is 1. The van der Waals surface area contributed by atoms with Crippen molar-refractivity contribution in [2.75, 3.05) is 25.0 Å². The van der Waals surface area contributed by atoms with E-state index >= 15 is 0 Å². The summed E-state index contributed by atoms with van der Waals surface area (Å²) in [7, 11) is 0. The number of aliphatic hydroxyl groups is 2. The number of nitrogens with zero attached hydrogens (tertiary/aromatic N) is 1. The van der Waals surface area contributed by atoms with Crippen molar-refractivity contribution in [2.45, 2.75) is 37.4 Å². The highest BCUT2D eigenvalue weighted by Crippen LogP contribution is 2.45. The van der Waals surface area contributed by atoms with Gasteiger partial charge < -0.3 is 15.5 Å². The largest absolute Gasteiger partial charge is 0.390 e. The summed E-state index contributed by atoms with van der Waals surface area (Å²) in [6, 6.07) is 16.0. The Kier molecular flexibility index (Phi) is 4.69. The van der Waals surface area contributed by atoms with Crippen LogP contribution in [-0.2, 0) is 17.6 Å². The van der Waals surface area contributed by atoms with Gasteiger partial charge in [0.2, 0.25) is 5.91 Å². The Labute approximate surface area is 171 Å². The number of anilines is 1. The van der Waals surface area contributed by atoms with Crippen LogP contribution in [0, 0.1) is 11.8 Å². The average Bonchev–Trinajstić information content (AvgIpc) is 3.31. The van der Waals surface area contributed by atoms with E-state index in [0.717, 1.165) is 49.2 Å². The van der Waals surface area contributed by atoms with E-state index in [4.69, 9.17) is 0 Å². The molecule has 1 aliphatic carbocycles. The molecule has 0 bridgehead atoms. The molecule has 2 aliphatic heterocycles. The summed E-state index contributed by atoms with van der Waals surface area (Å²) in [5.74, 6) is 1.01. The second-order valence-electron chi connectivity index (χ2n) is 9.19. The van der Waals surface area contributed by atoms with Crippen molar-refractivity contribution in [3.05, 3.63) is 65.2 Å². The molecule has 3 N–H and O–H groups in total. The van der Waals surface area contributed by atoms with Gasteiger partial charge in [-0.05, 0) is 47.4 Å². The molecule has 2 aromatic rings. The van der Waals surface area contributed by atoms with Crippen LogP contribution in [0.3, 0.4) is 0 Å². The third-order valence-corrected chi connectivity index (χ3v) is 6.88. The summed E-state index contributed by atoms with van der Waals surface area (Å²) in [5.41, 5.74) is 3.31. The quantitative estimate of drug-likeness (QED) is 0.731.